The lowest BCUT2D eigenvalue weighted by molar-refractivity contribution is 0.449. The number of hydrogen-bond donors (Lipinski definition) is 3. The van der Waals surface area contributed by atoms with Crippen molar-refractivity contribution in [3.05, 3.63) is 36.2 Å². The van der Waals surface area contributed by atoms with Crippen LogP contribution in [0.1, 0.15) is 19.4 Å². The molecule has 0 radical (unpaired) electrons. The predicted octanol–water partition coefficient (Wildman–Crippen LogP) is 1.79. The minimum Gasteiger partial charge on any atom is -0.508 e. The number of hydrogen-bond acceptors (Lipinski definition) is 5. The molecule has 3 N–H and O–H groups in total. The van der Waals surface area contributed by atoms with Gasteiger partial charge in [0.05, 0.1) is 5.56 Å². The first-order valence-corrected chi connectivity index (χ1v) is 5.38. The quantitative estimate of drug-likeness (QED) is 0.694. The molecule has 0 fully saturated rings. The Bertz CT molecular complexity index is 455. The van der Waals surface area contributed by atoms with E-state index in [-0.39, 0.29) is 11.5 Å². The van der Waals surface area contributed by atoms with Gasteiger partial charge in [-0.1, -0.05) is 20.4 Å². The molecule has 1 aromatic rings. The van der Waals surface area contributed by atoms with Crippen LogP contribution in [0.2, 0.25) is 0 Å². The molecule has 17 heavy (non-hydrogen) atoms. The number of nitrogens with zero attached hydrogens (tertiary/aromatic N) is 2. The number of amidine groups is 1. The maximum absolute atomic E-state index is 9.63. The third-order valence-corrected chi connectivity index (χ3v) is 2.24. The minimum atomic E-state index is -0.0166. The SMILES string of the molecule is C=C1NN=C(c2ccc(O)cc2O)N1C.CC. The molecule has 0 atom stereocenters. The van der Waals surface area contributed by atoms with Crippen LogP contribution in [0.5, 0.6) is 11.5 Å². The molecular formula is C12H17N3O2. The Balaban J connectivity index is 0.000000686. The van der Waals surface area contributed by atoms with E-state index >= 15 is 0 Å². The maximum atomic E-state index is 9.63. The van der Waals surface area contributed by atoms with E-state index in [1.807, 2.05) is 13.8 Å². The van der Waals surface area contributed by atoms with E-state index in [1.54, 1.807) is 18.0 Å². The summed E-state index contributed by atoms with van der Waals surface area (Å²) in [4.78, 5) is 1.71. The van der Waals surface area contributed by atoms with Crippen LogP contribution >= 0.6 is 0 Å². The Morgan fingerprint density at radius 1 is 1.29 bits per heavy atom. The fraction of sp³-hybridized carbons (Fsp3) is 0.250. The van der Waals surface area contributed by atoms with Gasteiger partial charge in [0.2, 0.25) is 0 Å². The molecule has 0 saturated carbocycles. The summed E-state index contributed by atoms with van der Waals surface area (Å²) < 4.78 is 0. The molecule has 0 spiro atoms. The lowest BCUT2D eigenvalue weighted by atomic mass is 10.1. The van der Waals surface area contributed by atoms with Crippen LogP contribution in [0.4, 0.5) is 0 Å². The van der Waals surface area contributed by atoms with Crippen LogP contribution in [0, 0.1) is 0 Å². The standard InChI is InChI=1S/C10H11N3O2.C2H6/c1-6-11-12-10(13(6)2)8-4-3-7(14)5-9(8)15;1-2/h3-5,11,14-15H,1H2,2H3;1-2H3. The zero-order valence-electron chi connectivity index (χ0n) is 10.2. The van der Waals surface area contributed by atoms with Crippen molar-refractivity contribution in [2.24, 2.45) is 5.10 Å². The third kappa shape index (κ3) is 2.50. The first-order chi connectivity index (χ1) is 8.09. The van der Waals surface area contributed by atoms with Crippen molar-refractivity contribution in [1.82, 2.24) is 10.3 Å². The number of nitrogens with one attached hydrogen (secondary N) is 1. The maximum Gasteiger partial charge on any atom is 0.165 e. The van der Waals surface area contributed by atoms with Gasteiger partial charge >= 0.3 is 0 Å². The van der Waals surface area contributed by atoms with E-state index in [1.165, 1.54) is 12.1 Å². The van der Waals surface area contributed by atoms with Gasteiger partial charge in [0.15, 0.2) is 5.84 Å². The second-order valence-corrected chi connectivity index (χ2v) is 3.25. The molecule has 0 amide bonds. The van der Waals surface area contributed by atoms with Gasteiger partial charge in [-0.2, -0.15) is 5.10 Å². The summed E-state index contributed by atoms with van der Waals surface area (Å²) in [7, 11) is 1.79. The summed E-state index contributed by atoms with van der Waals surface area (Å²) in [5.41, 5.74) is 3.25. The summed E-state index contributed by atoms with van der Waals surface area (Å²) in [5, 5.41) is 22.8. The fourth-order valence-electron chi connectivity index (χ4n) is 1.35. The van der Waals surface area contributed by atoms with Crippen LogP contribution < -0.4 is 5.43 Å². The molecule has 0 aromatic heterocycles. The number of phenolic OH excluding ortho intramolecular Hbond substituents is 2. The zero-order chi connectivity index (χ0) is 13.0. The molecular weight excluding hydrogens is 218 g/mol. The normalized spacial score (nSPS) is 13.7. The largest absolute Gasteiger partial charge is 0.508 e. The van der Waals surface area contributed by atoms with E-state index in [0.717, 1.165) is 0 Å². The molecule has 2 rings (SSSR count). The number of benzene rings is 1. The highest BCUT2D eigenvalue weighted by atomic mass is 16.3. The molecule has 0 unspecified atom stereocenters. The lowest BCUT2D eigenvalue weighted by Gasteiger charge is -2.14. The second-order valence-electron chi connectivity index (χ2n) is 3.25. The predicted molar refractivity (Wildman–Crippen MR) is 67.7 cm³/mol. The van der Waals surface area contributed by atoms with E-state index in [0.29, 0.717) is 17.2 Å². The molecule has 0 bridgehead atoms. The fourth-order valence-corrected chi connectivity index (χ4v) is 1.35. The Morgan fingerprint density at radius 2 is 1.94 bits per heavy atom. The van der Waals surface area contributed by atoms with E-state index in [2.05, 4.69) is 17.1 Å². The molecule has 0 aliphatic carbocycles. The summed E-state index contributed by atoms with van der Waals surface area (Å²) in [6.07, 6.45) is 0. The van der Waals surface area contributed by atoms with Crippen LogP contribution in [0.25, 0.3) is 0 Å². The highest BCUT2D eigenvalue weighted by molar-refractivity contribution is 6.02. The zero-order valence-corrected chi connectivity index (χ0v) is 10.2. The minimum absolute atomic E-state index is 0.0166. The van der Waals surface area contributed by atoms with Crippen LogP contribution in [0.15, 0.2) is 35.7 Å². The average molecular weight is 235 g/mol. The summed E-state index contributed by atoms with van der Waals surface area (Å²) in [5.74, 6) is 1.20. The third-order valence-electron chi connectivity index (χ3n) is 2.24. The topological polar surface area (TPSA) is 68.1 Å². The van der Waals surface area contributed by atoms with Crippen molar-refractivity contribution in [1.29, 1.82) is 0 Å². The van der Waals surface area contributed by atoms with Gasteiger partial charge < -0.3 is 15.1 Å². The van der Waals surface area contributed by atoms with Crippen molar-refractivity contribution >= 4 is 5.84 Å². The van der Waals surface area contributed by atoms with Crippen LogP contribution in [-0.2, 0) is 0 Å². The molecule has 92 valence electrons. The second kappa shape index (κ2) is 5.25. The molecule has 0 saturated heterocycles. The smallest absolute Gasteiger partial charge is 0.165 e. The Morgan fingerprint density at radius 3 is 2.41 bits per heavy atom. The molecule has 1 heterocycles. The van der Waals surface area contributed by atoms with Crippen molar-refractivity contribution in [3.8, 4) is 11.5 Å². The Kier molecular flexibility index (Phi) is 3.98. The van der Waals surface area contributed by atoms with Gasteiger partial charge in [0.25, 0.3) is 0 Å². The molecule has 1 aliphatic rings. The first kappa shape index (κ1) is 12.9. The highest BCUT2D eigenvalue weighted by Gasteiger charge is 2.20. The number of rotatable bonds is 1. The van der Waals surface area contributed by atoms with Crippen molar-refractivity contribution in [2.75, 3.05) is 7.05 Å². The van der Waals surface area contributed by atoms with Crippen LogP contribution in [-0.4, -0.2) is 28.0 Å². The van der Waals surface area contributed by atoms with Crippen molar-refractivity contribution in [2.45, 2.75) is 13.8 Å². The Hall–Kier alpha value is -2.17. The van der Waals surface area contributed by atoms with Gasteiger partial charge in [-0.25, -0.2) is 0 Å². The van der Waals surface area contributed by atoms with Gasteiger partial charge in [0, 0.05) is 13.1 Å². The summed E-state index contributed by atoms with van der Waals surface area (Å²) in [6.45, 7) is 7.73. The van der Waals surface area contributed by atoms with E-state index in [4.69, 9.17) is 5.11 Å². The Labute approximate surface area is 101 Å². The number of hydrazone groups is 1. The molecule has 1 aromatic carbocycles. The summed E-state index contributed by atoms with van der Waals surface area (Å²) >= 11 is 0. The molecule has 5 heteroatoms. The monoisotopic (exact) mass is 235 g/mol. The van der Waals surface area contributed by atoms with Gasteiger partial charge in [-0.3, -0.25) is 5.43 Å². The van der Waals surface area contributed by atoms with Crippen molar-refractivity contribution < 1.29 is 10.2 Å². The molecule has 5 nitrogen and oxygen atoms in total. The van der Waals surface area contributed by atoms with E-state index in [9.17, 15) is 5.11 Å². The first-order valence-electron chi connectivity index (χ1n) is 5.38. The highest BCUT2D eigenvalue weighted by Crippen LogP contribution is 2.25. The van der Waals surface area contributed by atoms with Crippen LogP contribution in [0.3, 0.4) is 0 Å². The van der Waals surface area contributed by atoms with Gasteiger partial charge in [-0.15, -0.1) is 0 Å². The van der Waals surface area contributed by atoms with Gasteiger partial charge in [-0.05, 0) is 12.1 Å². The number of phenols is 2. The summed E-state index contributed by atoms with van der Waals surface area (Å²) in [6, 6.07) is 4.36. The molecule has 1 aliphatic heterocycles. The van der Waals surface area contributed by atoms with E-state index < -0.39 is 0 Å². The number of aromatic hydroxyl groups is 2. The van der Waals surface area contributed by atoms with Gasteiger partial charge in [0.1, 0.15) is 17.3 Å². The average Bonchev–Trinajstić information content (AvgIpc) is 2.63. The lowest BCUT2D eigenvalue weighted by Crippen LogP contribution is -2.22. The van der Waals surface area contributed by atoms with Crippen molar-refractivity contribution in [3.63, 3.8) is 0 Å².